The number of hydrogen-bond acceptors (Lipinski definition) is 1. The van der Waals surface area contributed by atoms with Crippen molar-refractivity contribution in [2.24, 2.45) is 5.92 Å². The minimum atomic E-state index is 0.0630. The Kier molecular flexibility index (Phi) is 36.0. The molecular weight excluding hydrogens is 232 g/mol. The molecule has 0 spiro atoms. The smallest absolute Gasteiger partial charge is 0.108 e. The van der Waals surface area contributed by atoms with E-state index in [1.54, 1.807) is 6.08 Å². The van der Waals surface area contributed by atoms with Gasteiger partial charge in [-0.3, -0.25) is 0 Å². The van der Waals surface area contributed by atoms with Crippen molar-refractivity contribution in [3.05, 3.63) is 36.6 Å². The minimum Gasteiger partial charge on any atom is -0.509 e. The second-order valence-electron chi connectivity index (χ2n) is 4.21. The van der Waals surface area contributed by atoms with Gasteiger partial charge in [0.15, 0.2) is 0 Å². The number of unbranched alkanes of at least 4 members (excludes halogenated alkanes) is 1. The summed E-state index contributed by atoms with van der Waals surface area (Å²) in [4.78, 5) is 0. The Hall–Kier alpha value is -0.980. The Morgan fingerprint density at radius 1 is 1.05 bits per heavy atom. The Labute approximate surface area is 123 Å². The molecule has 0 amide bonds. The van der Waals surface area contributed by atoms with Crippen LogP contribution in [0.1, 0.15) is 74.7 Å². The van der Waals surface area contributed by atoms with E-state index in [1.165, 1.54) is 25.3 Å². The molecule has 0 aromatic heterocycles. The molecule has 0 saturated heterocycles. The lowest BCUT2D eigenvalue weighted by atomic mass is 10.1. The minimum absolute atomic E-state index is 0.0630. The number of aliphatic hydroxyl groups excluding tert-OH is 1. The molecule has 1 heteroatoms. The molecule has 0 radical (unpaired) electrons. The summed E-state index contributed by atoms with van der Waals surface area (Å²) >= 11 is 0. The Balaban J connectivity index is -0.0000000941. The second-order valence-corrected chi connectivity index (χ2v) is 4.21. The molecule has 1 N–H and O–H groups in total. The van der Waals surface area contributed by atoms with Crippen LogP contribution in [0.5, 0.6) is 0 Å². The largest absolute Gasteiger partial charge is 0.509 e. The lowest BCUT2D eigenvalue weighted by molar-refractivity contribution is 0.435. The molecule has 0 heterocycles. The quantitative estimate of drug-likeness (QED) is 0.418. The number of aliphatic hydroxyl groups is 1. The third kappa shape index (κ3) is 59.7. The monoisotopic (exact) mass is 270 g/mol. The SMILES string of the molecule is C=C(C)/C=C\C(=C)O.CC.CC.CCCCC(C)C. The number of hydrogen-bond donors (Lipinski definition) is 1. The van der Waals surface area contributed by atoms with Gasteiger partial charge in [-0.25, -0.2) is 0 Å². The van der Waals surface area contributed by atoms with Crippen molar-refractivity contribution >= 4 is 0 Å². The van der Waals surface area contributed by atoms with Gasteiger partial charge >= 0.3 is 0 Å². The molecule has 116 valence electrons. The highest BCUT2D eigenvalue weighted by Crippen LogP contribution is 2.04. The second kappa shape index (κ2) is 25.8. The third-order valence-corrected chi connectivity index (χ3v) is 1.70. The van der Waals surface area contributed by atoms with Crippen LogP contribution in [0.3, 0.4) is 0 Å². The van der Waals surface area contributed by atoms with Gasteiger partial charge in [0.05, 0.1) is 0 Å². The van der Waals surface area contributed by atoms with Gasteiger partial charge in [0.25, 0.3) is 0 Å². The first-order valence-corrected chi connectivity index (χ1v) is 7.61. The fourth-order valence-corrected chi connectivity index (χ4v) is 0.851. The van der Waals surface area contributed by atoms with Gasteiger partial charge in [-0.15, -0.1) is 0 Å². The summed E-state index contributed by atoms with van der Waals surface area (Å²) in [5.41, 5.74) is 0.903. The van der Waals surface area contributed by atoms with Gasteiger partial charge < -0.3 is 5.11 Å². The van der Waals surface area contributed by atoms with E-state index >= 15 is 0 Å². The van der Waals surface area contributed by atoms with Gasteiger partial charge in [-0.1, -0.05) is 92.5 Å². The van der Waals surface area contributed by atoms with Crippen LogP contribution in [0.15, 0.2) is 36.6 Å². The van der Waals surface area contributed by atoms with Crippen LogP contribution in [-0.2, 0) is 0 Å². The van der Waals surface area contributed by atoms with Crippen LogP contribution < -0.4 is 0 Å². The molecule has 19 heavy (non-hydrogen) atoms. The van der Waals surface area contributed by atoms with E-state index in [0.717, 1.165) is 11.5 Å². The molecule has 0 aromatic rings. The topological polar surface area (TPSA) is 20.2 Å². The van der Waals surface area contributed by atoms with Crippen molar-refractivity contribution in [1.82, 2.24) is 0 Å². The molecule has 0 bridgehead atoms. The van der Waals surface area contributed by atoms with Crippen LogP contribution in [0, 0.1) is 5.92 Å². The van der Waals surface area contributed by atoms with Gasteiger partial charge in [-0.05, 0) is 18.9 Å². The third-order valence-electron chi connectivity index (χ3n) is 1.70. The summed E-state index contributed by atoms with van der Waals surface area (Å²) in [6.07, 6.45) is 7.34. The van der Waals surface area contributed by atoms with E-state index in [0.29, 0.717) is 0 Å². The van der Waals surface area contributed by atoms with Crippen molar-refractivity contribution < 1.29 is 5.11 Å². The highest BCUT2D eigenvalue weighted by atomic mass is 16.3. The van der Waals surface area contributed by atoms with Crippen LogP contribution >= 0.6 is 0 Å². The summed E-state index contributed by atoms with van der Waals surface area (Å²) in [5, 5.41) is 8.48. The van der Waals surface area contributed by atoms with Crippen molar-refractivity contribution in [2.75, 3.05) is 0 Å². The maximum atomic E-state index is 8.48. The maximum absolute atomic E-state index is 8.48. The molecule has 0 rings (SSSR count). The molecule has 0 aliphatic rings. The molecule has 0 unspecified atom stereocenters. The number of allylic oxidation sites excluding steroid dienone is 3. The molecule has 1 nitrogen and oxygen atoms in total. The lowest BCUT2D eigenvalue weighted by Crippen LogP contribution is -1.83. The van der Waals surface area contributed by atoms with E-state index in [9.17, 15) is 0 Å². The highest BCUT2D eigenvalue weighted by Gasteiger charge is 1.88. The predicted octanol–water partition coefficient (Wildman–Crippen LogP) is 7.08. The van der Waals surface area contributed by atoms with Crippen molar-refractivity contribution in [1.29, 1.82) is 0 Å². The molecule has 0 aromatic carbocycles. The Bertz CT molecular complexity index is 184. The normalized spacial score (nSPS) is 8.47. The van der Waals surface area contributed by atoms with Crippen molar-refractivity contribution in [3.8, 4) is 0 Å². The summed E-state index contributed by atoms with van der Waals surface area (Å²) < 4.78 is 0. The first-order chi connectivity index (χ1) is 8.90. The van der Waals surface area contributed by atoms with Crippen molar-refractivity contribution in [3.63, 3.8) is 0 Å². The molecule has 0 saturated carbocycles. The van der Waals surface area contributed by atoms with Crippen LogP contribution in [-0.4, -0.2) is 5.11 Å². The summed E-state index contributed by atoms with van der Waals surface area (Å²) in [7, 11) is 0. The molecule has 0 fully saturated rings. The fourth-order valence-electron chi connectivity index (χ4n) is 0.851. The lowest BCUT2D eigenvalue weighted by Gasteiger charge is -1.98. The van der Waals surface area contributed by atoms with Gasteiger partial charge in [0, 0.05) is 0 Å². The van der Waals surface area contributed by atoms with Gasteiger partial charge in [0.2, 0.25) is 0 Å². The predicted molar refractivity (Wildman–Crippen MR) is 92.8 cm³/mol. The Morgan fingerprint density at radius 2 is 1.47 bits per heavy atom. The molecular formula is C18H38O. The van der Waals surface area contributed by atoms with E-state index in [1.807, 2.05) is 34.6 Å². The van der Waals surface area contributed by atoms with Gasteiger partial charge in [-0.2, -0.15) is 0 Å². The average Bonchev–Trinajstić information content (AvgIpc) is 2.39. The zero-order chi connectivity index (χ0) is 16.3. The van der Waals surface area contributed by atoms with E-state index < -0.39 is 0 Å². The maximum Gasteiger partial charge on any atom is 0.108 e. The summed E-state index contributed by atoms with van der Waals surface area (Å²) in [6, 6.07) is 0. The van der Waals surface area contributed by atoms with Crippen LogP contribution in [0.2, 0.25) is 0 Å². The van der Waals surface area contributed by atoms with Crippen LogP contribution in [0.25, 0.3) is 0 Å². The van der Waals surface area contributed by atoms with Crippen LogP contribution in [0.4, 0.5) is 0 Å². The first kappa shape index (κ1) is 26.6. The summed E-state index contributed by atoms with van der Waals surface area (Å²) in [5.74, 6) is 0.966. The van der Waals surface area contributed by atoms with Gasteiger partial charge in [0.1, 0.15) is 5.76 Å². The first-order valence-electron chi connectivity index (χ1n) is 7.61. The molecule has 0 aliphatic heterocycles. The Morgan fingerprint density at radius 3 is 1.58 bits per heavy atom. The number of rotatable bonds is 5. The van der Waals surface area contributed by atoms with E-state index in [-0.39, 0.29) is 5.76 Å². The molecule has 0 atom stereocenters. The summed E-state index contributed by atoms with van der Waals surface area (Å²) in [6.45, 7) is 23.5. The average molecular weight is 271 g/mol. The fraction of sp³-hybridized carbons (Fsp3) is 0.667. The molecule has 0 aliphatic carbocycles. The zero-order valence-corrected chi connectivity index (χ0v) is 14.7. The van der Waals surface area contributed by atoms with Crippen molar-refractivity contribution in [2.45, 2.75) is 74.7 Å². The standard InChI is InChI=1S/C7H10O.C7H16.2C2H6/c1-6(2)4-5-7(3)8;1-4-5-6-7(2)3;2*1-2/h4-5,8H,1,3H2,2H3;7H,4-6H2,1-3H3;2*1-2H3/b5-4-;;;. The van der Waals surface area contributed by atoms with E-state index in [4.69, 9.17) is 5.11 Å². The zero-order valence-electron chi connectivity index (χ0n) is 14.7. The van der Waals surface area contributed by atoms with E-state index in [2.05, 4.69) is 33.9 Å². The highest BCUT2D eigenvalue weighted by molar-refractivity contribution is 5.18.